The van der Waals surface area contributed by atoms with Crippen molar-refractivity contribution in [1.29, 1.82) is 0 Å². The van der Waals surface area contributed by atoms with Gasteiger partial charge in [0.25, 0.3) is 0 Å². The van der Waals surface area contributed by atoms with E-state index < -0.39 is 18.1 Å². The number of hydrogen-bond acceptors (Lipinski definition) is 4. The highest BCUT2D eigenvalue weighted by Crippen LogP contribution is 2.11. The molecule has 3 N–H and O–H groups in total. The number of carbonyl (C=O) groups excluding carboxylic acids is 1. The summed E-state index contributed by atoms with van der Waals surface area (Å²) < 4.78 is 5.05. The Morgan fingerprint density at radius 3 is 2.62 bits per heavy atom. The summed E-state index contributed by atoms with van der Waals surface area (Å²) in [4.78, 5) is 24.2. The highest BCUT2D eigenvalue weighted by atomic mass is 16.5. The minimum absolute atomic E-state index is 0.00945. The molecule has 1 heterocycles. The second-order valence-electron chi connectivity index (χ2n) is 4.23. The van der Waals surface area contributed by atoms with Gasteiger partial charge in [-0.1, -0.05) is 13.8 Å². The first-order chi connectivity index (χ1) is 7.45. The second-order valence-corrected chi connectivity index (χ2v) is 4.23. The fourth-order valence-corrected chi connectivity index (χ4v) is 1.55. The molecule has 1 aliphatic heterocycles. The Kier molecular flexibility index (Phi) is 4.26. The van der Waals surface area contributed by atoms with E-state index in [1.54, 1.807) is 0 Å². The van der Waals surface area contributed by atoms with Crippen LogP contribution >= 0.6 is 0 Å². The predicted octanol–water partition coefficient (Wildman–Crippen LogP) is -0.718. The summed E-state index contributed by atoms with van der Waals surface area (Å²) in [6.07, 6.45) is 0. The largest absolute Gasteiger partial charge is 0.480 e. The molecule has 0 bridgehead atoms. The first-order valence-corrected chi connectivity index (χ1v) is 5.31. The van der Waals surface area contributed by atoms with Crippen molar-refractivity contribution in [2.75, 3.05) is 19.8 Å². The van der Waals surface area contributed by atoms with Gasteiger partial charge in [0.2, 0.25) is 5.91 Å². The van der Waals surface area contributed by atoms with Crippen LogP contribution in [0.3, 0.4) is 0 Å². The highest BCUT2D eigenvalue weighted by Gasteiger charge is 2.35. The molecule has 16 heavy (non-hydrogen) atoms. The van der Waals surface area contributed by atoms with Crippen LogP contribution in [-0.4, -0.2) is 53.7 Å². The molecular formula is C10H18N2O4. The Morgan fingerprint density at radius 2 is 2.12 bits per heavy atom. The van der Waals surface area contributed by atoms with E-state index in [1.165, 1.54) is 4.90 Å². The van der Waals surface area contributed by atoms with Crippen LogP contribution in [-0.2, 0) is 14.3 Å². The highest BCUT2D eigenvalue weighted by molar-refractivity contribution is 5.87. The average Bonchev–Trinajstić information content (AvgIpc) is 2.26. The van der Waals surface area contributed by atoms with Gasteiger partial charge in [-0.05, 0) is 5.92 Å². The van der Waals surface area contributed by atoms with Gasteiger partial charge in [-0.25, -0.2) is 4.79 Å². The zero-order chi connectivity index (χ0) is 12.3. The summed E-state index contributed by atoms with van der Waals surface area (Å²) in [5, 5.41) is 8.96. The number of ether oxygens (including phenoxy) is 1. The van der Waals surface area contributed by atoms with Crippen LogP contribution < -0.4 is 5.73 Å². The number of carboxylic acids is 1. The normalized spacial score (nSPS) is 23.2. The van der Waals surface area contributed by atoms with Crippen molar-refractivity contribution in [1.82, 2.24) is 4.90 Å². The molecule has 1 aliphatic rings. The van der Waals surface area contributed by atoms with E-state index in [0.717, 1.165) is 0 Å². The van der Waals surface area contributed by atoms with Crippen LogP contribution in [0.15, 0.2) is 0 Å². The van der Waals surface area contributed by atoms with Crippen molar-refractivity contribution in [2.45, 2.75) is 25.9 Å². The summed E-state index contributed by atoms with van der Waals surface area (Å²) in [7, 11) is 0. The van der Waals surface area contributed by atoms with E-state index in [4.69, 9.17) is 15.6 Å². The fraction of sp³-hybridized carbons (Fsp3) is 0.800. The lowest BCUT2D eigenvalue weighted by atomic mass is 10.0. The van der Waals surface area contributed by atoms with Gasteiger partial charge in [0.1, 0.15) is 0 Å². The molecule has 1 saturated heterocycles. The van der Waals surface area contributed by atoms with E-state index in [-0.39, 0.29) is 25.0 Å². The fourth-order valence-electron chi connectivity index (χ4n) is 1.55. The molecule has 6 nitrogen and oxygen atoms in total. The minimum Gasteiger partial charge on any atom is -0.480 e. The van der Waals surface area contributed by atoms with E-state index in [1.807, 2.05) is 13.8 Å². The molecule has 92 valence electrons. The Morgan fingerprint density at radius 1 is 1.50 bits per heavy atom. The first kappa shape index (κ1) is 12.9. The summed E-state index contributed by atoms with van der Waals surface area (Å²) in [6, 6.07) is -1.56. The quantitative estimate of drug-likeness (QED) is 0.667. The Bertz CT molecular complexity index is 280. The number of nitrogens with zero attached hydrogens (tertiary/aromatic N) is 1. The van der Waals surface area contributed by atoms with E-state index in [2.05, 4.69) is 0 Å². The van der Waals surface area contributed by atoms with Gasteiger partial charge in [-0.3, -0.25) is 4.79 Å². The lowest BCUT2D eigenvalue weighted by Gasteiger charge is -2.35. The molecule has 2 atom stereocenters. The van der Waals surface area contributed by atoms with Crippen molar-refractivity contribution < 1.29 is 19.4 Å². The van der Waals surface area contributed by atoms with Crippen LogP contribution in [0.4, 0.5) is 0 Å². The number of aliphatic carboxylic acids is 1. The summed E-state index contributed by atoms with van der Waals surface area (Å²) in [6.45, 7) is 4.35. The van der Waals surface area contributed by atoms with Gasteiger partial charge in [-0.15, -0.1) is 0 Å². The minimum atomic E-state index is -1.05. The summed E-state index contributed by atoms with van der Waals surface area (Å²) >= 11 is 0. The Hall–Kier alpha value is -1.14. The van der Waals surface area contributed by atoms with Crippen LogP contribution in [0.1, 0.15) is 13.8 Å². The molecule has 0 aromatic heterocycles. The van der Waals surface area contributed by atoms with E-state index in [0.29, 0.717) is 6.61 Å². The lowest BCUT2D eigenvalue weighted by molar-refractivity contribution is -0.159. The summed E-state index contributed by atoms with van der Waals surface area (Å²) in [5.41, 5.74) is 5.73. The van der Waals surface area contributed by atoms with E-state index >= 15 is 0 Å². The molecule has 1 unspecified atom stereocenters. The zero-order valence-electron chi connectivity index (χ0n) is 9.55. The van der Waals surface area contributed by atoms with Gasteiger partial charge >= 0.3 is 5.97 Å². The molecule has 1 amide bonds. The van der Waals surface area contributed by atoms with Crippen molar-refractivity contribution >= 4 is 11.9 Å². The molecule has 1 fully saturated rings. The maximum atomic E-state index is 11.9. The number of nitrogens with two attached hydrogens (primary N) is 1. The molecule has 0 aromatic carbocycles. The number of hydrogen-bond donors (Lipinski definition) is 2. The number of carboxylic acid groups (broad SMARTS) is 1. The third kappa shape index (κ3) is 2.70. The Labute approximate surface area is 94.3 Å². The van der Waals surface area contributed by atoms with Crippen LogP contribution in [0.25, 0.3) is 0 Å². The van der Waals surface area contributed by atoms with Crippen LogP contribution in [0.2, 0.25) is 0 Å². The van der Waals surface area contributed by atoms with Gasteiger partial charge in [0.15, 0.2) is 6.04 Å². The van der Waals surface area contributed by atoms with Crippen LogP contribution in [0, 0.1) is 5.92 Å². The van der Waals surface area contributed by atoms with Crippen molar-refractivity contribution in [3.8, 4) is 0 Å². The average molecular weight is 230 g/mol. The van der Waals surface area contributed by atoms with Crippen molar-refractivity contribution in [2.24, 2.45) is 11.7 Å². The molecule has 1 rings (SSSR count). The van der Waals surface area contributed by atoms with Crippen molar-refractivity contribution in [3.05, 3.63) is 0 Å². The molecule has 6 heteroatoms. The molecule has 0 radical (unpaired) electrons. The smallest absolute Gasteiger partial charge is 0.328 e. The van der Waals surface area contributed by atoms with Crippen molar-refractivity contribution in [3.63, 3.8) is 0 Å². The number of amides is 1. The summed E-state index contributed by atoms with van der Waals surface area (Å²) in [5.74, 6) is -1.38. The zero-order valence-corrected chi connectivity index (χ0v) is 9.55. The SMILES string of the molecule is CC(C)[C@H](N)C(=O)N1CCOCC1C(=O)O. The monoisotopic (exact) mass is 230 g/mol. The van der Waals surface area contributed by atoms with Crippen LogP contribution in [0.5, 0.6) is 0 Å². The topological polar surface area (TPSA) is 92.9 Å². The number of rotatable bonds is 3. The van der Waals surface area contributed by atoms with Gasteiger partial charge in [0, 0.05) is 6.54 Å². The maximum Gasteiger partial charge on any atom is 0.328 e. The Balaban J connectivity index is 2.75. The lowest BCUT2D eigenvalue weighted by Crippen LogP contribution is -2.57. The van der Waals surface area contributed by atoms with Gasteiger partial charge in [0.05, 0.1) is 19.3 Å². The third-order valence-electron chi connectivity index (χ3n) is 2.70. The second kappa shape index (κ2) is 5.27. The standard InChI is InChI=1S/C10H18N2O4/c1-6(2)8(11)9(13)12-3-4-16-5-7(12)10(14)15/h6-8H,3-5,11H2,1-2H3,(H,14,15)/t7?,8-/m0/s1. The molecule has 0 saturated carbocycles. The van der Waals surface area contributed by atoms with Gasteiger partial charge < -0.3 is 20.5 Å². The predicted molar refractivity (Wildman–Crippen MR) is 56.8 cm³/mol. The molecule has 0 spiro atoms. The van der Waals surface area contributed by atoms with Gasteiger partial charge in [-0.2, -0.15) is 0 Å². The number of morpholine rings is 1. The molecule has 0 aromatic rings. The van der Waals surface area contributed by atoms with E-state index in [9.17, 15) is 9.59 Å². The third-order valence-corrected chi connectivity index (χ3v) is 2.70. The molecule has 0 aliphatic carbocycles. The first-order valence-electron chi connectivity index (χ1n) is 5.31. The molecular weight excluding hydrogens is 212 g/mol. The number of carbonyl (C=O) groups is 2. The maximum absolute atomic E-state index is 11.9.